The molecule has 3 aromatic carbocycles. The van der Waals surface area contributed by atoms with Crippen LogP contribution < -0.4 is 5.32 Å². The Bertz CT molecular complexity index is 1100. The van der Waals surface area contributed by atoms with Crippen molar-refractivity contribution >= 4 is 40.2 Å². The number of ether oxygens (including phenoxy) is 1. The van der Waals surface area contributed by atoms with Crippen LogP contribution >= 0.6 is 22.6 Å². The summed E-state index contributed by atoms with van der Waals surface area (Å²) in [5.74, 6) is 5.52. The summed E-state index contributed by atoms with van der Waals surface area (Å²) in [7, 11) is 1.34. The molecule has 28 heavy (non-hydrogen) atoms. The van der Waals surface area contributed by atoms with Gasteiger partial charge in [-0.2, -0.15) is 0 Å². The molecular weight excluding hydrogens is 465 g/mol. The van der Waals surface area contributed by atoms with Gasteiger partial charge in [-0.05, 0) is 71.1 Å². The molecule has 138 valence electrons. The van der Waals surface area contributed by atoms with E-state index >= 15 is 0 Å². The summed E-state index contributed by atoms with van der Waals surface area (Å²) in [5, 5.41) is 2.90. The van der Waals surface area contributed by atoms with Crippen molar-refractivity contribution in [1.29, 1.82) is 0 Å². The molecule has 0 saturated heterocycles. The molecule has 1 amide bonds. The third kappa shape index (κ3) is 4.99. The molecule has 5 heteroatoms. The molecule has 0 fully saturated rings. The van der Waals surface area contributed by atoms with E-state index in [1.54, 1.807) is 24.3 Å². The Kier molecular flexibility index (Phi) is 6.45. The molecule has 0 unspecified atom stereocenters. The summed E-state index contributed by atoms with van der Waals surface area (Å²) in [6.07, 6.45) is 0. The fourth-order valence-electron chi connectivity index (χ4n) is 2.50. The van der Waals surface area contributed by atoms with Gasteiger partial charge in [0.25, 0.3) is 5.91 Å². The number of hydrogen-bond acceptors (Lipinski definition) is 3. The fraction of sp³-hybridized carbons (Fsp3) is 0.0435. The Hall–Kier alpha value is -3.11. The molecule has 1 N–H and O–H groups in total. The molecule has 0 aliphatic carbocycles. The molecule has 0 aromatic heterocycles. The normalized spacial score (nSPS) is 9.79. The van der Waals surface area contributed by atoms with Crippen LogP contribution in [0, 0.1) is 15.4 Å². The van der Waals surface area contributed by atoms with Gasteiger partial charge in [-0.15, -0.1) is 0 Å². The van der Waals surface area contributed by atoms with Gasteiger partial charge in [0.2, 0.25) is 0 Å². The number of anilines is 1. The highest BCUT2D eigenvalue weighted by molar-refractivity contribution is 14.1. The van der Waals surface area contributed by atoms with E-state index in [0.717, 1.165) is 9.13 Å². The van der Waals surface area contributed by atoms with Crippen molar-refractivity contribution in [3.63, 3.8) is 0 Å². The number of rotatable bonds is 3. The van der Waals surface area contributed by atoms with Gasteiger partial charge in [0, 0.05) is 20.4 Å². The van der Waals surface area contributed by atoms with Crippen LogP contribution in [0.2, 0.25) is 0 Å². The summed E-state index contributed by atoms with van der Waals surface area (Å²) in [6, 6.07) is 21.7. The lowest BCUT2D eigenvalue weighted by Gasteiger charge is -2.07. The van der Waals surface area contributed by atoms with Crippen molar-refractivity contribution in [2.24, 2.45) is 0 Å². The fourth-order valence-corrected chi connectivity index (χ4v) is 3.14. The van der Waals surface area contributed by atoms with E-state index < -0.39 is 5.97 Å². The number of nitrogens with one attached hydrogen (secondary N) is 1. The van der Waals surface area contributed by atoms with Crippen LogP contribution in [0.25, 0.3) is 0 Å². The summed E-state index contributed by atoms with van der Waals surface area (Å²) >= 11 is 2.14. The smallest absolute Gasteiger partial charge is 0.337 e. The number of benzene rings is 3. The lowest BCUT2D eigenvalue weighted by molar-refractivity contribution is 0.0600. The SMILES string of the molecule is COC(=O)c1cccc(C#Cc2cccc(NC(=O)c3ccccc3I)c2)c1. The molecule has 0 aliphatic rings. The number of hydrogen-bond donors (Lipinski definition) is 1. The van der Waals surface area contributed by atoms with Crippen LogP contribution in [0.15, 0.2) is 72.8 Å². The predicted octanol–water partition coefficient (Wildman–Crippen LogP) is 4.73. The number of amides is 1. The van der Waals surface area contributed by atoms with Crippen LogP contribution in [0.3, 0.4) is 0 Å². The summed E-state index contributed by atoms with van der Waals surface area (Å²) in [4.78, 5) is 24.1. The average molecular weight is 481 g/mol. The van der Waals surface area contributed by atoms with Gasteiger partial charge < -0.3 is 10.1 Å². The Morgan fingerprint density at radius 3 is 2.29 bits per heavy atom. The van der Waals surface area contributed by atoms with Crippen LogP contribution in [0.4, 0.5) is 5.69 Å². The van der Waals surface area contributed by atoms with Crippen molar-refractivity contribution < 1.29 is 14.3 Å². The van der Waals surface area contributed by atoms with Gasteiger partial charge in [0.1, 0.15) is 0 Å². The molecule has 0 spiro atoms. The minimum atomic E-state index is -0.399. The molecular formula is C23H16INO3. The summed E-state index contributed by atoms with van der Waals surface area (Å²) < 4.78 is 5.61. The first-order chi connectivity index (χ1) is 13.6. The maximum Gasteiger partial charge on any atom is 0.337 e. The molecule has 3 rings (SSSR count). The second-order valence-electron chi connectivity index (χ2n) is 5.84. The standard InChI is InChI=1S/C23H16INO3/c1-28-23(27)18-8-4-6-16(14-18)12-13-17-7-5-9-19(15-17)25-22(26)20-10-2-3-11-21(20)24/h2-11,14-15H,1H3,(H,25,26). The monoisotopic (exact) mass is 481 g/mol. The lowest BCUT2D eigenvalue weighted by Crippen LogP contribution is -2.13. The molecule has 0 aliphatic heterocycles. The Morgan fingerprint density at radius 2 is 1.57 bits per heavy atom. The van der Waals surface area contributed by atoms with E-state index in [9.17, 15) is 9.59 Å². The topological polar surface area (TPSA) is 55.4 Å². The van der Waals surface area contributed by atoms with Crippen molar-refractivity contribution in [3.8, 4) is 11.8 Å². The first-order valence-corrected chi connectivity index (χ1v) is 9.51. The zero-order chi connectivity index (χ0) is 19.9. The van der Waals surface area contributed by atoms with Crippen LogP contribution in [-0.2, 0) is 4.74 Å². The molecule has 0 heterocycles. The minimum absolute atomic E-state index is 0.166. The highest BCUT2D eigenvalue weighted by Gasteiger charge is 2.09. The Balaban J connectivity index is 1.78. The van der Waals surface area contributed by atoms with Gasteiger partial charge in [0.15, 0.2) is 0 Å². The molecule has 0 saturated carbocycles. The minimum Gasteiger partial charge on any atom is -0.465 e. The van der Waals surface area contributed by atoms with Crippen LogP contribution in [0.1, 0.15) is 31.8 Å². The van der Waals surface area contributed by atoms with Gasteiger partial charge in [0.05, 0.1) is 18.2 Å². The Morgan fingerprint density at radius 1 is 0.893 bits per heavy atom. The third-order valence-corrected chi connectivity index (χ3v) is 4.81. The largest absolute Gasteiger partial charge is 0.465 e. The summed E-state index contributed by atoms with van der Waals surface area (Å²) in [6.45, 7) is 0. The van der Waals surface area contributed by atoms with Gasteiger partial charge in [-0.1, -0.05) is 36.1 Å². The number of methoxy groups -OCH3 is 1. The predicted molar refractivity (Wildman–Crippen MR) is 117 cm³/mol. The molecule has 3 aromatic rings. The van der Waals surface area contributed by atoms with Crippen LogP contribution in [0.5, 0.6) is 0 Å². The van der Waals surface area contributed by atoms with Crippen LogP contribution in [-0.4, -0.2) is 19.0 Å². The highest BCUT2D eigenvalue weighted by Crippen LogP contribution is 2.16. The van der Waals surface area contributed by atoms with Crippen molar-refractivity contribution in [2.75, 3.05) is 12.4 Å². The second kappa shape index (κ2) is 9.20. The maximum atomic E-state index is 12.5. The van der Waals surface area contributed by atoms with E-state index in [2.05, 4.69) is 39.7 Å². The number of carbonyl (C=O) groups is 2. The first-order valence-electron chi connectivity index (χ1n) is 8.43. The summed E-state index contributed by atoms with van der Waals surface area (Å²) in [5.41, 5.74) is 3.20. The second-order valence-corrected chi connectivity index (χ2v) is 7.00. The highest BCUT2D eigenvalue weighted by atomic mass is 127. The number of halogens is 1. The third-order valence-electron chi connectivity index (χ3n) is 3.87. The van der Waals surface area contributed by atoms with Crippen molar-refractivity contribution in [3.05, 3.63) is 98.6 Å². The van der Waals surface area contributed by atoms with E-state index in [0.29, 0.717) is 22.4 Å². The quantitative estimate of drug-likeness (QED) is 0.335. The maximum absolute atomic E-state index is 12.5. The van der Waals surface area contributed by atoms with Crippen molar-refractivity contribution in [1.82, 2.24) is 0 Å². The lowest BCUT2D eigenvalue weighted by atomic mass is 10.1. The molecule has 0 bridgehead atoms. The molecule has 4 nitrogen and oxygen atoms in total. The number of carbonyl (C=O) groups excluding carboxylic acids is 2. The van der Waals surface area contributed by atoms with E-state index in [1.165, 1.54) is 7.11 Å². The molecule has 0 radical (unpaired) electrons. The number of esters is 1. The first kappa shape index (κ1) is 19.6. The van der Waals surface area contributed by atoms with Gasteiger partial charge >= 0.3 is 5.97 Å². The zero-order valence-corrected chi connectivity index (χ0v) is 17.2. The van der Waals surface area contributed by atoms with E-state index in [-0.39, 0.29) is 5.91 Å². The van der Waals surface area contributed by atoms with E-state index in [1.807, 2.05) is 48.5 Å². The van der Waals surface area contributed by atoms with E-state index in [4.69, 9.17) is 4.74 Å². The average Bonchev–Trinajstić information content (AvgIpc) is 2.72. The van der Waals surface area contributed by atoms with Gasteiger partial charge in [-0.3, -0.25) is 4.79 Å². The zero-order valence-electron chi connectivity index (χ0n) is 15.0. The van der Waals surface area contributed by atoms with Gasteiger partial charge in [-0.25, -0.2) is 4.79 Å². The Labute approximate surface area is 177 Å². The van der Waals surface area contributed by atoms with Crippen molar-refractivity contribution in [2.45, 2.75) is 0 Å². The molecule has 0 atom stereocenters.